The van der Waals surface area contributed by atoms with E-state index in [4.69, 9.17) is 11.2 Å². The van der Waals surface area contributed by atoms with Crippen molar-refractivity contribution in [2.75, 3.05) is 39.8 Å². The second-order valence-corrected chi connectivity index (χ2v) is 12.5. The lowest BCUT2D eigenvalue weighted by Gasteiger charge is -2.37. The van der Waals surface area contributed by atoms with Crippen LogP contribution in [0, 0.1) is 12.3 Å². The van der Waals surface area contributed by atoms with Gasteiger partial charge >= 0.3 is 6.09 Å². The van der Waals surface area contributed by atoms with E-state index in [-0.39, 0.29) is 43.6 Å². The van der Waals surface area contributed by atoms with E-state index in [1.54, 1.807) is 36.2 Å². The van der Waals surface area contributed by atoms with E-state index >= 15 is 0 Å². The number of halogens is 1. The number of likely N-dealkylation sites (N-methyl/N-ethyl adjacent to an activating group) is 1. The maximum absolute atomic E-state index is 13.2. The topological polar surface area (TPSA) is 70.2 Å². The molecule has 42 heavy (non-hydrogen) atoms. The molecule has 1 fully saturated rings. The van der Waals surface area contributed by atoms with Crippen molar-refractivity contribution < 1.29 is 17.9 Å². The lowest BCUT2D eigenvalue weighted by atomic mass is 9.94. The summed E-state index contributed by atoms with van der Waals surface area (Å²) in [5.41, 5.74) is 2.06. The summed E-state index contributed by atoms with van der Waals surface area (Å²) in [5.74, 6) is 2.66. The fraction of sp³-hybridized carbons (Fsp3) is 0.364. The van der Waals surface area contributed by atoms with Gasteiger partial charge in [0.1, 0.15) is 6.61 Å². The largest absolute Gasteiger partial charge is 0.445 e. The Morgan fingerprint density at radius 1 is 0.976 bits per heavy atom. The number of nitrogens with zero attached hydrogens (tertiary/aromatic N) is 3. The molecule has 0 unspecified atom stereocenters. The van der Waals surface area contributed by atoms with E-state index in [1.165, 1.54) is 4.31 Å². The van der Waals surface area contributed by atoms with Crippen LogP contribution in [-0.4, -0.2) is 74.4 Å². The standard InChI is InChI=1S/C33H39N3O4S.ClH/c1-3-22-36(33(37)40-27-28-13-7-4-8-14-28)31-20-24-35(25-21-31)23-19-30(29-15-9-5-10-16-29)26-34(2)41(38,39)32-17-11-6-12-18-32;/h1,4-18,30-31H,19-27H2,2H3;1H/t30-;/m0./s1. The third kappa shape index (κ3) is 9.07. The number of hydrogen-bond acceptors (Lipinski definition) is 5. The molecule has 0 radical (unpaired) electrons. The third-order valence-corrected chi connectivity index (χ3v) is 9.53. The van der Waals surface area contributed by atoms with Crippen LogP contribution in [0.15, 0.2) is 95.9 Å². The van der Waals surface area contributed by atoms with Gasteiger partial charge in [0.05, 0.1) is 11.4 Å². The molecular weight excluding hydrogens is 570 g/mol. The summed E-state index contributed by atoms with van der Waals surface area (Å²) >= 11 is 0. The molecule has 3 aromatic rings. The minimum absolute atomic E-state index is 0. The van der Waals surface area contributed by atoms with E-state index in [1.807, 2.05) is 54.6 Å². The minimum Gasteiger partial charge on any atom is -0.445 e. The van der Waals surface area contributed by atoms with Crippen molar-refractivity contribution in [3.63, 3.8) is 0 Å². The Balaban J connectivity index is 0.00000484. The van der Waals surface area contributed by atoms with Crippen LogP contribution in [0.5, 0.6) is 0 Å². The van der Waals surface area contributed by atoms with Crippen LogP contribution in [0.25, 0.3) is 0 Å². The first-order valence-electron chi connectivity index (χ1n) is 14.1. The molecule has 0 bridgehead atoms. The number of sulfonamides is 1. The van der Waals surface area contributed by atoms with E-state index < -0.39 is 10.0 Å². The van der Waals surface area contributed by atoms with Gasteiger partial charge in [-0.15, -0.1) is 18.8 Å². The van der Waals surface area contributed by atoms with Crippen LogP contribution in [-0.2, 0) is 21.4 Å². The van der Waals surface area contributed by atoms with Crippen molar-refractivity contribution in [2.45, 2.75) is 42.7 Å². The molecule has 1 saturated heterocycles. The quantitative estimate of drug-likeness (QED) is 0.249. The maximum atomic E-state index is 13.2. The Hall–Kier alpha value is -3.35. The summed E-state index contributed by atoms with van der Waals surface area (Å²) in [6.45, 7) is 3.32. The van der Waals surface area contributed by atoms with Gasteiger partial charge in [-0.05, 0) is 55.0 Å². The molecule has 0 aromatic heterocycles. The van der Waals surface area contributed by atoms with Crippen molar-refractivity contribution >= 4 is 28.5 Å². The highest BCUT2D eigenvalue weighted by Gasteiger charge is 2.30. The molecule has 7 nitrogen and oxygen atoms in total. The minimum atomic E-state index is -3.58. The Morgan fingerprint density at radius 2 is 1.55 bits per heavy atom. The van der Waals surface area contributed by atoms with Gasteiger partial charge < -0.3 is 9.64 Å². The smallest absolute Gasteiger partial charge is 0.411 e. The molecular formula is C33H40ClN3O4S. The molecule has 1 atom stereocenters. The predicted molar refractivity (Wildman–Crippen MR) is 169 cm³/mol. The van der Waals surface area contributed by atoms with E-state index in [9.17, 15) is 13.2 Å². The molecule has 1 heterocycles. The summed E-state index contributed by atoms with van der Waals surface area (Å²) in [6, 6.07) is 28.3. The lowest BCUT2D eigenvalue weighted by Crippen LogP contribution is -2.48. The zero-order valence-corrected chi connectivity index (χ0v) is 25.7. The summed E-state index contributed by atoms with van der Waals surface area (Å²) in [6.07, 6.45) is 7.65. The fourth-order valence-corrected chi connectivity index (χ4v) is 6.54. The van der Waals surface area contributed by atoms with E-state index in [2.05, 4.69) is 23.0 Å². The molecule has 1 aliphatic rings. The van der Waals surface area contributed by atoms with Gasteiger partial charge in [-0.25, -0.2) is 17.5 Å². The van der Waals surface area contributed by atoms with Crippen molar-refractivity contribution in [3.8, 4) is 12.3 Å². The Morgan fingerprint density at radius 3 is 2.14 bits per heavy atom. The third-order valence-electron chi connectivity index (χ3n) is 7.69. The highest BCUT2D eigenvalue weighted by molar-refractivity contribution is 7.89. The second-order valence-electron chi connectivity index (χ2n) is 10.4. The first-order chi connectivity index (χ1) is 19.9. The molecule has 1 amide bonds. The van der Waals surface area contributed by atoms with Crippen LogP contribution < -0.4 is 0 Å². The summed E-state index contributed by atoms with van der Waals surface area (Å²) < 4.78 is 33.4. The highest BCUT2D eigenvalue weighted by atomic mass is 35.5. The number of carbonyl (C=O) groups excluding carboxylic acids is 1. The van der Waals surface area contributed by atoms with Gasteiger partial charge in [-0.2, -0.15) is 0 Å². The Labute approximate surface area is 256 Å². The predicted octanol–water partition coefficient (Wildman–Crippen LogP) is 5.64. The number of hydrogen-bond donors (Lipinski definition) is 0. The average molecular weight is 610 g/mol. The van der Waals surface area contributed by atoms with Crippen LogP contribution in [0.3, 0.4) is 0 Å². The molecule has 1 aliphatic heterocycles. The number of likely N-dealkylation sites (tertiary alicyclic amines) is 1. The van der Waals surface area contributed by atoms with Gasteiger partial charge in [0, 0.05) is 32.7 Å². The van der Waals surface area contributed by atoms with Crippen LogP contribution in [0.2, 0.25) is 0 Å². The molecule has 0 N–H and O–H groups in total. The highest BCUT2D eigenvalue weighted by Crippen LogP contribution is 2.26. The number of benzene rings is 3. The number of terminal acetylenes is 1. The first-order valence-corrected chi connectivity index (χ1v) is 15.5. The van der Waals surface area contributed by atoms with Gasteiger partial charge in [0.15, 0.2) is 0 Å². The number of piperidine rings is 1. The SMILES string of the molecule is C#CCN(C(=O)OCc1ccccc1)C1CCN(CC[C@@H](CN(C)S(=O)(=O)c2ccccc2)c2ccccc2)CC1.Cl. The van der Waals surface area contributed by atoms with Crippen molar-refractivity contribution in [1.29, 1.82) is 0 Å². The van der Waals surface area contributed by atoms with Crippen LogP contribution >= 0.6 is 12.4 Å². The van der Waals surface area contributed by atoms with Gasteiger partial charge in [0.2, 0.25) is 10.0 Å². The summed E-state index contributed by atoms with van der Waals surface area (Å²) in [5, 5.41) is 0. The fourth-order valence-electron chi connectivity index (χ4n) is 5.31. The average Bonchev–Trinajstić information content (AvgIpc) is 3.02. The molecule has 0 aliphatic carbocycles. The van der Waals surface area contributed by atoms with Gasteiger partial charge in [-0.3, -0.25) is 4.90 Å². The summed E-state index contributed by atoms with van der Waals surface area (Å²) in [7, 11) is -1.93. The maximum Gasteiger partial charge on any atom is 0.411 e. The molecule has 4 rings (SSSR count). The number of amides is 1. The monoisotopic (exact) mass is 609 g/mol. The molecule has 9 heteroatoms. The van der Waals surface area contributed by atoms with Crippen molar-refractivity contribution in [1.82, 2.24) is 14.1 Å². The molecule has 0 saturated carbocycles. The molecule has 0 spiro atoms. The Bertz CT molecular complexity index is 1380. The molecule has 224 valence electrons. The first kappa shape index (κ1) is 33.2. The summed E-state index contributed by atoms with van der Waals surface area (Å²) in [4.78, 5) is 17.3. The zero-order chi connectivity index (χ0) is 29.1. The number of rotatable bonds is 12. The normalized spacial score (nSPS) is 14.9. The molecule has 3 aromatic carbocycles. The lowest BCUT2D eigenvalue weighted by molar-refractivity contribution is 0.0663. The van der Waals surface area contributed by atoms with Crippen molar-refractivity contribution in [2.24, 2.45) is 0 Å². The Kier molecular flexibility index (Phi) is 12.9. The van der Waals surface area contributed by atoms with Crippen LogP contribution in [0.4, 0.5) is 4.79 Å². The number of ether oxygens (including phenoxy) is 1. The zero-order valence-electron chi connectivity index (χ0n) is 24.0. The van der Waals surface area contributed by atoms with Crippen molar-refractivity contribution in [3.05, 3.63) is 102 Å². The van der Waals surface area contributed by atoms with Crippen LogP contribution in [0.1, 0.15) is 36.3 Å². The van der Waals surface area contributed by atoms with Gasteiger partial charge in [-0.1, -0.05) is 84.8 Å². The van der Waals surface area contributed by atoms with Gasteiger partial charge in [0.25, 0.3) is 0 Å². The second kappa shape index (κ2) is 16.3. The van der Waals surface area contributed by atoms with E-state index in [0.29, 0.717) is 11.4 Å². The number of carbonyl (C=O) groups is 1. The van der Waals surface area contributed by atoms with E-state index in [0.717, 1.165) is 50.0 Å².